The van der Waals surface area contributed by atoms with Crippen LogP contribution in [-0.2, 0) is 4.79 Å². The molecule has 5 nitrogen and oxygen atoms in total. The molecule has 0 unspecified atom stereocenters. The van der Waals surface area contributed by atoms with Crippen molar-refractivity contribution in [2.75, 3.05) is 38.0 Å². The van der Waals surface area contributed by atoms with Crippen molar-refractivity contribution in [3.8, 4) is 0 Å². The molecule has 2 aromatic carbocycles. The molecule has 1 fully saturated rings. The number of carbonyl (C=O) groups is 2. The van der Waals surface area contributed by atoms with Gasteiger partial charge >= 0.3 is 0 Å². The first-order valence-electron chi connectivity index (χ1n) is 9.18. The number of halogens is 2. The third kappa shape index (κ3) is 4.69. The number of amides is 2. The maximum Gasteiger partial charge on any atom is 0.256 e. The summed E-state index contributed by atoms with van der Waals surface area (Å²) in [5.74, 6) is -1.04. The lowest BCUT2D eigenvalue weighted by Crippen LogP contribution is -2.50. The zero-order valence-electron chi connectivity index (χ0n) is 16.0. The Hall–Kier alpha value is -2.44. The van der Waals surface area contributed by atoms with E-state index in [1.807, 2.05) is 36.9 Å². The Labute approximate surface area is 169 Å². The summed E-state index contributed by atoms with van der Waals surface area (Å²) in [6.45, 7) is 6.20. The van der Waals surface area contributed by atoms with Gasteiger partial charge in [0, 0.05) is 36.9 Å². The van der Waals surface area contributed by atoms with E-state index in [0.29, 0.717) is 31.2 Å². The minimum Gasteiger partial charge on any atom is -0.336 e. The van der Waals surface area contributed by atoms with Crippen LogP contribution in [0.5, 0.6) is 0 Å². The highest BCUT2D eigenvalue weighted by atomic mass is 35.5. The fourth-order valence-corrected chi connectivity index (χ4v) is 3.39. The molecule has 3 rings (SSSR count). The van der Waals surface area contributed by atoms with Crippen LogP contribution in [0.3, 0.4) is 0 Å². The molecular formula is C21H23ClFN3O2. The van der Waals surface area contributed by atoms with Crippen LogP contribution in [0.2, 0.25) is 5.02 Å². The Morgan fingerprint density at radius 1 is 1.11 bits per heavy atom. The summed E-state index contributed by atoms with van der Waals surface area (Å²) >= 11 is 5.88. The largest absolute Gasteiger partial charge is 0.336 e. The fourth-order valence-electron chi connectivity index (χ4n) is 3.22. The van der Waals surface area contributed by atoms with Crippen molar-refractivity contribution in [3.05, 3.63) is 63.9 Å². The molecule has 0 radical (unpaired) electrons. The molecule has 0 atom stereocenters. The Bertz CT molecular complexity index is 895. The van der Waals surface area contributed by atoms with Gasteiger partial charge in [-0.25, -0.2) is 4.39 Å². The number of carbonyl (C=O) groups excluding carboxylic acids is 2. The van der Waals surface area contributed by atoms with Gasteiger partial charge in [-0.15, -0.1) is 0 Å². The highest BCUT2D eigenvalue weighted by Gasteiger charge is 2.25. The maximum absolute atomic E-state index is 13.9. The van der Waals surface area contributed by atoms with Crippen LogP contribution >= 0.6 is 11.6 Å². The number of rotatable bonds is 4. The van der Waals surface area contributed by atoms with Crippen molar-refractivity contribution in [2.24, 2.45) is 0 Å². The quantitative estimate of drug-likeness (QED) is 0.850. The van der Waals surface area contributed by atoms with Gasteiger partial charge in [0.1, 0.15) is 5.82 Å². The van der Waals surface area contributed by atoms with Crippen molar-refractivity contribution < 1.29 is 14.0 Å². The third-order valence-corrected chi connectivity index (χ3v) is 5.30. The molecule has 28 heavy (non-hydrogen) atoms. The average molecular weight is 404 g/mol. The Kier molecular flexibility index (Phi) is 6.31. The molecule has 1 N–H and O–H groups in total. The lowest BCUT2D eigenvalue weighted by atomic mass is 10.1. The highest BCUT2D eigenvalue weighted by molar-refractivity contribution is 6.31. The van der Waals surface area contributed by atoms with Crippen molar-refractivity contribution in [3.63, 3.8) is 0 Å². The summed E-state index contributed by atoms with van der Waals surface area (Å²) in [6, 6.07) is 9.77. The van der Waals surface area contributed by atoms with Gasteiger partial charge in [-0.05, 0) is 49.2 Å². The van der Waals surface area contributed by atoms with Crippen molar-refractivity contribution in [1.82, 2.24) is 9.80 Å². The van der Waals surface area contributed by atoms with Crippen LogP contribution in [0, 0.1) is 19.7 Å². The Morgan fingerprint density at radius 2 is 1.82 bits per heavy atom. The number of piperazine rings is 1. The van der Waals surface area contributed by atoms with Gasteiger partial charge in [-0.1, -0.05) is 23.7 Å². The number of nitrogens with one attached hydrogen (secondary N) is 1. The van der Waals surface area contributed by atoms with Crippen LogP contribution in [0.1, 0.15) is 21.5 Å². The molecule has 0 aromatic heterocycles. The molecule has 7 heteroatoms. The minimum atomic E-state index is -0.579. The molecule has 2 amide bonds. The molecule has 2 aromatic rings. The monoisotopic (exact) mass is 403 g/mol. The average Bonchev–Trinajstić information content (AvgIpc) is 2.67. The zero-order valence-corrected chi connectivity index (χ0v) is 16.7. The standard InChI is InChI=1S/C21H23ClFN3O2/c1-14-4-3-5-19(15(14)2)24-20(27)13-25-8-10-26(11-9-25)21(28)17-12-16(22)6-7-18(17)23/h3-7,12H,8-11,13H2,1-2H3,(H,24,27). The van der Waals surface area contributed by atoms with Crippen LogP contribution < -0.4 is 5.32 Å². The van der Waals surface area contributed by atoms with E-state index in [0.717, 1.165) is 16.8 Å². The van der Waals surface area contributed by atoms with Gasteiger partial charge in [0.15, 0.2) is 0 Å². The molecule has 148 valence electrons. The van der Waals surface area contributed by atoms with E-state index in [2.05, 4.69) is 5.32 Å². The number of aryl methyl sites for hydroxylation is 1. The summed E-state index contributed by atoms with van der Waals surface area (Å²) in [6.07, 6.45) is 0. The first kappa shape index (κ1) is 20.3. The van der Waals surface area contributed by atoms with Gasteiger partial charge in [0.2, 0.25) is 5.91 Å². The number of hydrogen-bond donors (Lipinski definition) is 1. The fraction of sp³-hybridized carbons (Fsp3) is 0.333. The van der Waals surface area contributed by atoms with Gasteiger partial charge in [-0.3, -0.25) is 14.5 Å². The summed E-state index contributed by atoms with van der Waals surface area (Å²) in [5, 5.41) is 3.27. The Morgan fingerprint density at radius 3 is 2.54 bits per heavy atom. The molecular weight excluding hydrogens is 381 g/mol. The van der Waals surface area contributed by atoms with Crippen molar-refractivity contribution >= 4 is 29.1 Å². The van der Waals surface area contributed by atoms with E-state index in [9.17, 15) is 14.0 Å². The van der Waals surface area contributed by atoms with E-state index in [1.54, 1.807) is 4.90 Å². The van der Waals surface area contributed by atoms with Gasteiger partial charge in [0.05, 0.1) is 12.1 Å². The van der Waals surface area contributed by atoms with Crippen LogP contribution in [0.4, 0.5) is 10.1 Å². The summed E-state index contributed by atoms with van der Waals surface area (Å²) in [5.41, 5.74) is 2.97. The SMILES string of the molecule is Cc1cccc(NC(=O)CN2CCN(C(=O)c3cc(Cl)ccc3F)CC2)c1C. The molecule has 0 aliphatic carbocycles. The number of anilines is 1. The van der Waals surface area contributed by atoms with E-state index < -0.39 is 5.82 Å². The van der Waals surface area contributed by atoms with Crippen LogP contribution in [0.25, 0.3) is 0 Å². The number of hydrogen-bond acceptors (Lipinski definition) is 3. The van der Waals surface area contributed by atoms with E-state index in [-0.39, 0.29) is 23.9 Å². The lowest BCUT2D eigenvalue weighted by molar-refractivity contribution is -0.117. The van der Waals surface area contributed by atoms with E-state index >= 15 is 0 Å². The molecule has 1 saturated heterocycles. The molecule has 1 aliphatic heterocycles. The van der Waals surface area contributed by atoms with Crippen molar-refractivity contribution in [2.45, 2.75) is 13.8 Å². The van der Waals surface area contributed by atoms with Gasteiger partial charge in [0.25, 0.3) is 5.91 Å². The normalized spacial score (nSPS) is 14.8. The molecule has 1 heterocycles. The smallest absolute Gasteiger partial charge is 0.256 e. The minimum absolute atomic E-state index is 0.0198. The van der Waals surface area contributed by atoms with E-state index in [4.69, 9.17) is 11.6 Å². The Balaban J connectivity index is 1.54. The lowest BCUT2D eigenvalue weighted by Gasteiger charge is -2.34. The molecule has 0 saturated carbocycles. The summed E-state index contributed by atoms with van der Waals surface area (Å²) in [4.78, 5) is 28.5. The zero-order chi connectivity index (χ0) is 20.3. The first-order valence-corrected chi connectivity index (χ1v) is 9.55. The third-order valence-electron chi connectivity index (χ3n) is 5.06. The second-order valence-corrected chi connectivity index (χ2v) is 7.42. The van der Waals surface area contributed by atoms with Crippen LogP contribution in [-0.4, -0.2) is 54.3 Å². The van der Waals surface area contributed by atoms with Crippen LogP contribution in [0.15, 0.2) is 36.4 Å². The summed E-state index contributed by atoms with van der Waals surface area (Å²) in [7, 11) is 0. The topological polar surface area (TPSA) is 52.7 Å². The molecule has 1 aliphatic rings. The van der Waals surface area contributed by atoms with Gasteiger partial charge in [-0.2, -0.15) is 0 Å². The number of nitrogens with zero attached hydrogens (tertiary/aromatic N) is 2. The van der Waals surface area contributed by atoms with Crippen molar-refractivity contribution in [1.29, 1.82) is 0 Å². The molecule has 0 bridgehead atoms. The maximum atomic E-state index is 13.9. The second-order valence-electron chi connectivity index (χ2n) is 6.99. The van der Waals surface area contributed by atoms with E-state index in [1.165, 1.54) is 18.2 Å². The number of benzene rings is 2. The van der Waals surface area contributed by atoms with Gasteiger partial charge < -0.3 is 10.2 Å². The summed E-state index contributed by atoms with van der Waals surface area (Å²) < 4.78 is 13.9. The second kappa shape index (κ2) is 8.71. The predicted octanol–water partition coefficient (Wildman–Crippen LogP) is 3.49. The molecule has 0 spiro atoms. The predicted molar refractivity (Wildman–Crippen MR) is 108 cm³/mol. The first-order chi connectivity index (χ1) is 13.3. The highest BCUT2D eigenvalue weighted by Crippen LogP contribution is 2.19.